The first-order chi connectivity index (χ1) is 9.58. The predicted molar refractivity (Wildman–Crippen MR) is 96.9 cm³/mol. The minimum atomic E-state index is -0.130. The Hall–Kier alpha value is -0.350. The van der Waals surface area contributed by atoms with E-state index in [0.717, 1.165) is 38.2 Å². The van der Waals surface area contributed by atoms with Gasteiger partial charge in [-0.3, -0.25) is 4.90 Å². The molecule has 1 saturated heterocycles. The molecule has 1 heterocycles. The monoisotopic (exact) mass is 350 g/mol. The number of hydrogen-bond acceptors (Lipinski definition) is 2. The molecule has 0 aromatic heterocycles. The van der Waals surface area contributed by atoms with Gasteiger partial charge in [0.15, 0.2) is 0 Å². The first-order valence-electron chi connectivity index (χ1n) is 7.78. The molecule has 1 fully saturated rings. The summed E-state index contributed by atoms with van der Waals surface area (Å²) in [5.41, 5.74) is 2.38. The van der Waals surface area contributed by atoms with Crippen LogP contribution in [0.3, 0.4) is 0 Å². The molecule has 0 radical (unpaired) electrons. The minimum absolute atomic E-state index is 0. The van der Waals surface area contributed by atoms with E-state index in [9.17, 15) is 4.39 Å². The fraction of sp³-hybridized carbons (Fsp3) is 0.647. The van der Waals surface area contributed by atoms with Crippen LogP contribution in [0, 0.1) is 18.7 Å². The molecule has 0 aliphatic carbocycles. The molecular weight excluding hydrogens is 322 g/mol. The maximum Gasteiger partial charge on any atom is 0.123 e. The largest absolute Gasteiger partial charge is 0.314 e. The normalized spacial score (nSPS) is 16.8. The molecule has 22 heavy (non-hydrogen) atoms. The van der Waals surface area contributed by atoms with Gasteiger partial charge in [-0.15, -0.1) is 24.8 Å². The van der Waals surface area contributed by atoms with Gasteiger partial charge in [0.25, 0.3) is 0 Å². The average Bonchev–Trinajstić information content (AvgIpc) is 2.42. The van der Waals surface area contributed by atoms with Crippen LogP contribution in [0.2, 0.25) is 0 Å². The molecule has 1 aromatic carbocycles. The number of benzene rings is 1. The standard InChI is InChI=1S/C17H27FN2.2ClH/c1-13(2)4-7-17(20-10-8-19-9-11-20)16-6-5-15(18)12-14(16)3;;/h5-6,12-13,17,19H,4,7-11H2,1-3H3;2*1H/t17-;;/m0../s1. The van der Waals surface area contributed by atoms with Crippen molar-refractivity contribution in [3.8, 4) is 0 Å². The Morgan fingerprint density at radius 1 is 1.14 bits per heavy atom. The van der Waals surface area contributed by atoms with Crippen LogP contribution < -0.4 is 5.32 Å². The van der Waals surface area contributed by atoms with Crippen LogP contribution in [0.1, 0.15) is 43.9 Å². The Morgan fingerprint density at radius 2 is 1.77 bits per heavy atom. The summed E-state index contributed by atoms with van der Waals surface area (Å²) in [5.74, 6) is 0.579. The number of rotatable bonds is 5. The zero-order chi connectivity index (χ0) is 14.5. The van der Waals surface area contributed by atoms with Gasteiger partial charge in [0.05, 0.1) is 0 Å². The van der Waals surface area contributed by atoms with Crippen LogP contribution in [0.15, 0.2) is 18.2 Å². The van der Waals surface area contributed by atoms with Crippen LogP contribution in [0.4, 0.5) is 4.39 Å². The molecule has 1 aliphatic rings. The number of piperazine rings is 1. The van der Waals surface area contributed by atoms with Gasteiger partial charge in [0, 0.05) is 32.2 Å². The van der Waals surface area contributed by atoms with Crippen molar-refractivity contribution in [1.29, 1.82) is 0 Å². The molecule has 1 aliphatic heterocycles. The van der Waals surface area contributed by atoms with Crippen molar-refractivity contribution < 1.29 is 4.39 Å². The maximum atomic E-state index is 13.3. The molecular formula is C17H29Cl2FN2. The van der Waals surface area contributed by atoms with Gasteiger partial charge in [0.1, 0.15) is 5.82 Å². The summed E-state index contributed by atoms with van der Waals surface area (Å²) in [4.78, 5) is 2.55. The molecule has 128 valence electrons. The number of aryl methyl sites for hydroxylation is 1. The lowest BCUT2D eigenvalue weighted by molar-refractivity contribution is 0.159. The van der Waals surface area contributed by atoms with Crippen molar-refractivity contribution in [2.24, 2.45) is 5.92 Å². The quantitative estimate of drug-likeness (QED) is 0.848. The van der Waals surface area contributed by atoms with E-state index in [1.165, 1.54) is 12.0 Å². The van der Waals surface area contributed by atoms with E-state index < -0.39 is 0 Å². The first-order valence-corrected chi connectivity index (χ1v) is 7.78. The lowest BCUT2D eigenvalue weighted by atomic mass is 9.93. The fourth-order valence-electron chi connectivity index (χ4n) is 3.03. The van der Waals surface area contributed by atoms with E-state index in [1.54, 1.807) is 12.1 Å². The fourth-order valence-corrected chi connectivity index (χ4v) is 3.03. The minimum Gasteiger partial charge on any atom is -0.314 e. The van der Waals surface area contributed by atoms with Gasteiger partial charge in [-0.25, -0.2) is 4.39 Å². The first kappa shape index (κ1) is 21.6. The van der Waals surface area contributed by atoms with Crippen LogP contribution in [-0.2, 0) is 0 Å². The Labute approximate surface area is 146 Å². The molecule has 1 aromatic rings. The number of halogens is 3. The van der Waals surface area contributed by atoms with E-state index in [4.69, 9.17) is 0 Å². The van der Waals surface area contributed by atoms with Crippen molar-refractivity contribution in [3.63, 3.8) is 0 Å². The number of hydrogen-bond donors (Lipinski definition) is 1. The van der Waals surface area contributed by atoms with Gasteiger partial charge in [-0.2, -0.15) is 0 Å². The molecule has 2 nitrogen and oxygen atoms in total. The lowest BCUT2D eigenvalue weighted by Gasteiger charge is -2.36. The second kappa shape index (κ2) is 10.4. The van der Waals surface area contributed by atoms with E-state index in [2.05, 4.69) is 24.1 Å². The summed E-state index contributed by atoms with van der Waals surface area (Å²) in [6.07, 6.45) is 2.37. The van der Waals surface area contributed by atoms with Gasteiger partial charge < -0.3 is 5.32 Å². The highest BCUT2D eigenvalue weighted by Crippen LogP contribution is 2.30. The van der Waals surface area contributed by atoms with Crippen molar-refractivity contribution in [1.82, 2.24) is 10.2 Å². The predicted octanol–water partition coefficient (Wildman–Crippen LogP) is 4.36. The molecule has 1 N–H and O–H groups in total. The highest BCUT2D eigenvalue weighted by Gasteiger charge is 2.23. The third-order valence-corrected chi connectivity index (χ3v) is 4.20. The van der Waals surface area contributed by atoms with Crippen molar-refractivity contribution >= 4 is 24.8 Å². The summed E-state index contributed by atoms with van der Waals surface area (Å²) in [5, 5.41) is 3.41. The van der Waals surface area contributed by atoms with Crippen LogP contribution >= 0.6 is 24.8 Å². The molecule has 1 atom stereocenters. The maximum absolute atomic E-state index is 13.3. The SMILES string of the molecule is Cc1cc(F)ccc1[C@H](CCC(C)C)N1CCNCC1.Cl.Cl. The Balaban J connectivity index is 0.00000220. The van der Waals surface area contributed by atoms with E-state index in [-0.39, 0.29) is 30.6 Å². The summed E-state index contributed by atoms with van der Waals surface area (Å²) < 4.78 is 13.3. The van der Waals surface area contributed by atoms with E-state index in [0.29, 0.717) is 12.0 Å². The topological polar surface area (TPSA) is 15.3 Å². The molecule has 0 spiro atoms. The van der Waals surface area contributed by atoms with Crippen LogP contribution in [0.25, 0.3) is 0 Å². The summed E-state index contributed by atoms with van der Waals surface area (Å²) in [7, 11) is 0. The number of nitrogens with zero attached hydrogens (tertiary/aromatic N) is 1. The van der Waals surface area contributed by atoms with E-state index in [1.807, 2.05) is 13.0 Å². The summed E-state index contributed by atoms with van der Waals surface area (Å²) in [6.45, 7) is 10.8. The highest BCUT2D eigenvalue weighted by atomic mass is 35.5. The lowest BCUT2D eigenvalue weighted by Crippen LogP contribution is -2.45. The Bertz CT molecular complexity index is 435. The molecule has 0 unspecified atom stereocenters. The van der Waals surface area contributed by atoms with Crippen molar-refractivity contribution in [3.05, 3.63) is 35.1 Å². The van der Waals surface area contributed by atoms with Gasteiger partial charge >= 0.3 is 0 Å². The average molecular weight is 351 g/mol. The zero-order valence-corrected chi connectivity index (χ0v) is 15.4. The molecule has 5 heteroatoms. The molecule has 0 bridgehead atoms. The number of nitrogens with one attached hydrogen (secondary N) is 1. The van der Waals surface area contributed by atoms with Gasteiger partial charge in [-0.05, 0) is 48.9 Å². The second-order valence-corrected chi connectivity index (χ2v) is 6.27. The second-order valence-electron chi connectivity index (χ2n) is 6.27. The van der Waals surface area contributed by atoms with Crippen LogP contribution in [-0.4, -0.2) is 31.1 Å². The van der Waals surface area contributed by atoms with Crippen LogP contribution in [0.5, 0.6) is 0 Å². The highest BCUT2D eigenvalue weighted by molar-refractivity contribution is 5.85. The Morgan fingerprint density at radius 3 is 2.32 bits per heavy atom. The third-order valence-electron chi connectivity index (χ3n) is 4.20. The summed E-state index contributed by atoms with van der Waals surface area (Å²) >= 11 is 0. The smallest absolute Gasteiger partial charge is 0.123 e. The van der Waals surface area contributed by atoms with Gasteiger partial charge in [0.2, 0.25) is 0 Å². The van der Waals surface area contributed by atoms with Crippen molar-refractivity contribution in [2.75, 3.05) is 26.2 Å². The van der Waals surface area contributed by atoms with Crippen molar-refractivity contribution in [2.45, 2.75) is 39.7 Å². The summed E-state index contributed by atoms with van der Waals surface area (Å²) in [6, 6.07) is 5.69. The molecule has 0 saturated carbocycles. The Kier molecular flexibility index (Phi) is 10.3. The molecule has 2 rings (SSSR count). The third kappa shape index (κ3) is 6.04. The van der Waals surface area contributed by atoms with Gasteiger partial charge in [-0.1, -0.05) is 19.9 Å². The van der Waals surface area contributed by atoms with E-state index >= 15 is 0 Å². The zero-order valence-electron chi connectivity index (χ0n) is 13.8. The molecule has 0 amide bonds.